The Morgan fingerprint density at radius 2 is 2.05 bits per heavy atom. The molecule has 0 fully saturated rings. The Balaban J connectivity index is 2.54. The molecule has 114 valence electrons. The van der Waals surface area contributed by atoms with E-state index in [0.717, 1.165) is 10.6 Å². The first-order valence-electron chi connectivity index (χ1n) is 6.43. The van der Waals surface area contributed by atoms with Crippen molar-refractivity contribution in [2.24, 2.45) is 5.73 Å². The van der Waals surface area contributed by atoms with Crippen LogP contribution >= 0.6 is 0 Å². The van der Waals surface area contributed by atoms with Crippen molar-refractivity contribution in [2.45, 2.75) is 6.54 Å². The number of aromatic nitrogens is 1. The molecule has 1 aromatic carbocycles. The summed E-state index contributed by atoms with van der Waals surface area (Å²) in [7, 11) is 1.37. The lowest BCUT2D eigenvalue weighted by Crippen LogP contribution is -2.33. The molecule has 22 heavy (non-hydrogen) atoms. The Labute approximate surface area is 125 Å². The summed E-state index contributed by atoms with van der Waals surface area (Å²) in [6, 6.07) is 6.83. The number of nitrogens with two attached hydrogens (primary N) is 1. The number of halogens is 1. The van der Waals surface area contributed by atoms with E-state index >= 15 is 0 Å². The van der Waals surface area contributed by atoms with Crippen LogP contribution in [0.2, 0.25) is 0 Å². The second kappa shape index (κ2) is 6.21. The van der Waals surface area contributed by atoms with E-state index in [1.54, 1.807) is 6.07 Å². The molecule has 2 rings (SSSR count). The van der Waals surface area contributed by atoms with Crippen LogP contribution in [0.1, 0.15) is 26.3 Å². The number of hydrogen-bond acceptors (Lipinski definition) is 3. The molecule has 1 heterocycles. The minimum absolute atomic E-state index is 0.0156. The molecule has 0 saturated carbocycles. The number of benzene rings is 1. The topological polar surface area (TPSA) is 94.2 Å². The fourth-order valence-electron chi connectivity index (χ4n) is 2.02. The highest BCUT2D eigenvalue weighted by atomic mass is 19.1. The van der Waals surface area contributed by atoms with Gasteiger partial charge in [-0.15, -0.1) is 0 Å². The van der Waals surface area contributed by atoms with E-state index in [2.05, 4.69) is 5.32 Å². The van der Waals surface area contributed by atoms with Gasteiger partial charge in [-0.1, -0.05) is 12.1 Å². The average Bonchev–Trinajstić information content (AvgIpc) is 2.48. The number of carbonyl (C=O) groups excluding carboxylic acids is 2. The average molecular weight is 303 g/mol. The number of rotatable bonds is 4. The Kier molecular flexibility index (Phi) is 4.36. The van der Waals surface area contributed by atoms with E-state index < -0.39 is 23.2 Å². The van der Waals surface area contributed by atoms with E-state index in [4.69, 9.17) is 5.73 Å². The summed E-state index contributed by atoms with van der Waals surface area (Å²) in [6.45, 7) is 0.0156. The highest BCUT2D eigenvalue weighted by Gasteiger charge is 2.15. The van der Waals surface area contributed by atoms with Crippen LogP contribution < -0.4 is 16.6 Å². The van der Waals surface area contributed by atoms with Crippen molar-refractivity contribution in [3.05, 3.63) is 69.4 Å². The third kappa shape index (κ3) is 3.20. The van der Waals surface area contributed by atoms with Crippen LogP contribution in [0.25, 0.3) is 0 Å². The van der Waals surface area contributed by atoms with Crippen LogP contribution in [0.3, 0.4) is 0 Å². The number of nitrogens with one attached hydrogen (secondary N) is 1. The molecule has 0 aliphatic heterocycles. The summed E-state index contributed by atoms with van der Waals surface area (Å²) in [6.07, 6.45) is 1.25. The van der Waals surface area contributed by atoms with Gasteiger partial charge in [-0.2, -0.15) is 0 Å². The molecule has 0 spiro atoms. The number of hydrogen-bond donors (Lipinski definition) is 2. The number of primary amides is 1. The van der Waals surface area contributed by atoms with Gasteiger partial charge in [0.15, 0.2) is 0 Å². The third-order valence-corrected chi connectivity index (χ3v) is 3.08. The molecule has 0 aliphatic rings. The van der Waals surface area contributed by atoms with Crippen molar-refractivity contribution < 1.29 is 14.0 Å². The first kappa shape index (κ1) is 15.4. The Morgan fingerprint density at radius 3 is 2.64 bits per heavy atom. The van der Waals surface area contributed by atoms with E-state index in [1.807, 2.05) is 0 Å². The third-order valence-electron chi connectivity index (χ3n) is 3.08. The molecule has 0 radical (unpaired) electrons. The lowest BCUT2D eigenvalue weighted by molar-refractivity contribution is 0.0961. The van der Waals surface area contributed by atoms with E-state index in [9.17, 15) is 18.8 Å². The summed E-state index contributed by atoms with van der Waals surface area (Å²) in [5.41, 5.74) is 4.97. The summed E-state index contributed by atoms with van der Waals surface area (Å²) in [4.78, 5) is 35.4. The normalized spacial score (nSPS) is 10.3. The Bertz CT molecular complexity index is 799. The zero-order valence-corrected chi connectivity index (χ0v) is 11.8. The lowest BCUT2D eigenvalue weighted by Gasteiger charge is -2.10. The molecule has 2 amide bonds. The fraction of sp³-hybridized carbons (Fsp3) is 0.133. The maximum Gasteiger partial charge on any atom is 0.263 e. The molecule has 0 unspecified atom stereocenters. The molecular formula is C15H14FN3O3. The van der Waals surface area contributed by atoms with Gasteiger partial charge in [-0.05, 0) is 23.8 Å². The van der Waals surface area contributed by atoms with Gasteiger partial charge in [-0.3, -0.25) is 14.4 Å². The first-order valence-corrected chi connectivity index (χ1v) is 6.43. The van der Waals surface area contributed by atoms with Crippen LogP contribution in [0.15, 0.2) is 41.3 Å². The minimum atomic E-state index is -0.766. The highest BCUT2D eigenvalue weighted by Crippen LogP contribution is 2.07. The summed E-state index contributed by atoms with van der Waals surface area (Å²) in [5, 5.41) is 2.32. The van der Waals surface area contributed by atoms with Crippen LogP contribution in [0, 0.1) is 5.82 Å². The highest BCUT2D eigenvalue weighted by molar-refractivity contribution is 5.98. The lowest BCUT2D eigenvalue weighted by atomic mass is 10.1. The Morgan fingerprint density at radius 1 is 1.32 bits per heavy atom. The summed E-state index contributed by atoms with van der Waals surface area (Å²) < 4.78 is 14.4. The van der Waals surface area contributed by atoms with Gasteiger partial charge < -0.3 is 15.6 Å². The van der Waals surface area contributed by atoms with Crippen molar-refractivity contribution >= 4 is 11.8 Å². The first-order chi connectivity index (χ1) is 10.4. The van der Waals surface area contributed by atoms with Crippen LogP contribution in [0.4, 0.5) is 4.39 Å². The van der Waals surface area contributed by atoms with Gasteiger partial charge in [0.2, 0.25) is 5.91 Å². The monoisotopic (exact) mass is 303 g/mol. The zero-order valence-electron chi connectivity index (χ0n) is 11.8. The van der Waals surface area contributed by atoms with Gasteiger partial charge in [0.05, 0.1) is 12.1 Å². The Hall–Kier alpha value is -2.96. The van der Waals surface area contributed by atoms with Crippen molar-refractivity contribution in [2.75, 3.05) is 7.05 Å². The maximum absolute atomic E-state index is 13.2. The second-order valence-corrected chi connectivity index (χ2v) is 4.65. The maximum atomic E-state index is 13.2. The molecule has 6 nitrogen and oxygen atoms in total. The van der Waals surface area contributed by atoms with Crippen molar-refractivity contribution in [1.29, 1.82) is 0 Å². The van der Waals surface area contributed by atoms with Gasteiger partial charge >= 0.3 is 0 Å². The SMILES string of the molecule is CNC(=O)c1cc(C(N)=O)cn(Cc2cccc(F)c2)c1=O. The van der Waals surface area contributed by atoms with Gasteiger partial charge in [-0.25, -0.2) is 4.39 Å². The van der Waals surface area contributed by atoms with E-state index in [-0.39, 0.29) is 17.7 Å². The quantitative estimate of drug-likeness (QED) is 0.861. The standard InChI is InChI=1S/C15H14FN3O3/c1-18-14(21)12-6-10(13(17)20)8-19(15(12)22)7-9-3-2-4-11(16)5-9/h2-6,8H,7H2,1H3,(H2,17,20)(H,18,21). The number of carbonyl (C=O) groups is 2. The molecular weight excluding hydrogens is 289 g/mol. The molecule has 1 aromatic heterocycles. The molecule has 0 atom stereocenters. The molecule has 7 heteroatoms. The number of amides is 2. The number of nitrogens with zero attached hydrogens (tertiary/aromatic N) is 1. The van der Waals surface area contributed by atoms with E-state index in [0.29, 0.717) is 5.56 Å². The van der Waals surface area contributed by atoms with Gasteiger partial charge in [0, 0.05) is 13.2 Å². The molecule has 0 bridgehead atoms. The van der Waals surface area contributed by atoms with Crippen LogP contribution in [-0.4, -0.2) is 23.4 Å². The van der Waals surface area contributed by atoms with Crippen molar-refractivity contribution in [3.63, 3.8) is 0 Å². The molecule has 2 aromatic rings. The molecule has 0 aliphatic carbocycles. The van der Waals surface area contributed by atoms with Gasteiger partial charge in [0.25, 0.3) is 11.5 Å². The van der Waals surface area contributed by atoms with E-state index in [1.165, 1.54) is 31.4 Å². The van der Waals surface area contributed by atoms with Crippen LogP contribution in [-0.2, 0) is 6.54 Å². The predicted octanol–water partition coefficient (Wildman–Crippen LogP) is 0.494. The smallest absolute Gasteiger partial charge is 0.263 e. The van der Waals surface area contributed by atoms with Crippen molar-refractivity contribution in [3.8, 4) is 0 Å². The molecule has 0 saturated heterocycles. The van der Waals surface area contributed by atoms with Crippen molar-refractivity contribution in [1.82, 2.24) is 9.88 Å². The molecule has 3 N–H and O–H groups in total. The fourth-order valence-corrected chi connectivity index (χ4v) is 2.02. The summed E-state index contributed by atoms with van der Waals surface area (Å²) in [5.74, 6) is -1.83. The number of pyridine rings is 1. The zero-order chi connectivity index (χ0) is 16.3. The van der Waals surface area contributed by atoms with Crippen LogP contribution in [0.5, 0.6) is 0 Å². The second-order valence-electron chi connectivity index (χ2n) is 4.65. The summed E-state index contributed by atoms with van der Waals surface area (Å²) >= 11 is 0. The van der Waals surface area contributed by atoms with Gasteiger partial charge in [0.1, 0.15) is 11.4 Å². The predicted molar refractivity (Wildman–Crippen MR) is 78.1 cm³/mol. The largest absolute Gasteiger partial charge is 0.366 e. The minimum Gasteiger partial charge on any atom is -0.366 e.